The second-order valence-electron chi connectivity index (χ2n) is 10.2. The average Bonchev–Trinajstić information content (AvgIpc) is 3.53. The zero-order chi connectivity index (χ0) is 22.1. The van der Waals surface area contributed by atoms with E-state index in [0.29, 0.717) is 18.3 Å². The molecular weight excluding hydrogens is 398 g/mol. The molecule has 0 unspecified atom stereocenters. The number of fused-ring (bicyclic) bond motifs is 2. The SMILES string of the molecule is C[C@@H]1CC[C@H]2[C@H](C(=O)c3c(O)c([C@@]4(O)CC[C@H](O)[C@@H]5O[C@@H]54)c[nH]c3=O)[C@H](C)C=C[C@@H]2C1. The molecule has 0 bridgehead atoms. The van der Waals surface area contributed by atoms with Gasteiger partial charge < -0.3 is 25.0 Å². The van der Waals surface area contributed by atoms with Crippen molar-refractivity contribution >= 4 is 5.78 Å². The Hall–Kier alpha value is -1.96. The summed E-state index contributed by atoms with van der Waals surface area (Å²) < 4.78 is 5.46. The number of ether oxygens (including phenoxy) is 1. The number of aromatic nitrogens is 1. The molecule has 4 N–H and O–H groups in total. The summed E-state index contributed by atoms with van der Waals surface area (Å²) >= 11 is 0. The third-order valence-electron chi connectivity index (χ3n) is 8.19. The third kappa shape index (κ3) is 3.20. The van der Waals surface area contributed by atoms with E-state index in [1.54, 1.807) is 0 Å². The molecule has 31 heavy (non-hydrogen) atoms. The number of carbonyl (C=O) groups excluding carboxylic acids is 1. The Balaban J connectivity index is 1.52. The van der Waals surface area contributed by atoms with E-state index >= 15 is 0 Å². The number of aliphatic hydroxyl groups is 2. The number of aromatic hydroxyl groups is 1. The zero-order valence-electron chi connectivity index (χ0n) is 18.0. The summed E-state index contributed by atoms with van der Waals surface area (Å²) in [5.41, 5.74) is -2.35. The first-order valence-corrected chi connectivity index (χ1v) is 11.5. The van der Waals surface area contributed by atoms with Crippen LogP contribution in [0, 0.1) is 29.6 Å². The predicted octanol–water partition coefficient (Wildman–Crippen LogP) is 2.25. The van der Waals surface area contributed by atoms with Gasteiger partial charge in [0.2, 0.25) is 0 Å². The van der Waals surface area contributed by atoms with Gasteiger partial charge in [0.25, 0.3) is 5.56 Å². The summed E-state index contributed by atoms with van der Waals surface area (Å²) in [7, 11) is 0. The quantitative estimate of drug-likeness (QED) is 0.332. The fraction of sp³-hybridized carbons (Fsp3) is 0.667. The first-order chi connectivity index (χ1) is 14.7. The molecule has 0 radical (unpaired) electrons. The minimum absolute atomic E-state index is 0.0336. The van der Waals surface area contributed by atoms with Crippen molar-refractivity contribution in [3.05, 3.63) is 39.8 Å². The summed E-state index contributed by atoms with van der Waals surface area (Å²) in [5, 5.41) is 32.3. The summed E-state index contributed by atoms with van der Waals surface area (Å²) in [5.74, 6) is -0.152. The number of carbonyl (C=O) groups is 1. The number of aliphatic hydroxyl groups excluding tert-OH is 1. The number of nitrogens with one attached hydrogen (secondary N) is 1. The fourth-order valence-corrected chi connectivity index (χ4v) is 6.39. The molecule has 7 heteroatoms. The fourth-order valence-electron chi connectivity index (χ4n) is 6.39. The molecule has 5 rings (SSSR count). The minimum atomic E-state index is -1.55. The van der Waals surface area contributed by atoms with Crippen molar-refractivity contribution in [2.24, 2.45) is 29.6 Å². The number of rotatable bonds is 3. The molecule has 0 aromatic carbocycles. The van der Waals surface area contributed by atoms with Crippen LogP contribution in [0.15, 0.2) is 23.1 Å². The van der Waals surface area contributed by atoms with Crippen LogP contribution in [0.3, 0.4) is 0 Å². The number of aromatic amines is 1. The van der Waals surface area contributed by atoms with Crippen molar-refractivity contribution < 1.29 is 24.9 Å². The van der Waals surface area contributed by atoms with Crippen molar-refractivity contribution in [2.75, 3.05) is 0 Å². The minimum Gasteiger partial charge on any atom is -0.507 e. The standard InChI is InChI=1S/C24H31NO6/c1-11-3-6-14-13(9-11)5-4-12(2)17(14)20(28)18-19(27)15(10-25-23(18)29)24(30)8-7-16(26)21-22(24)31-21/h4-5,10-14,16-17,21-22,26,30H,3,6-9H2,1-2H3,(H2,25,27,29)/t11-,12-,13-,14-,16+,17-,21+,22+,24+/m1/s1. The molecular formula is C24H31NO6. The summed E-state index contributed by atoms with van der Waals surface area (Å²) in [6.45, 7) is 4.22. The molecule has 1 saturated heterocycles. The van der Waals surface area contributed by atoms with Gasteiger partial charge in [0, 0.05) is 17.7 Å². The van der Waals surface area contributed by atoms with Gasteiger partial charge in [0.1, 0.15) is 29.1 Å². The van der Waals surface area contributed by atoms with E-state index in [1.165, 1.54) is 6.20 Å². The van der Waals surface area contributed by atoms with Crippen LogP contribution < -0.4 is 5.56 Å². The lowest BCUT2D eigenvalue weighted by atomic mass is 9.61. The van der Waals surface area contributed by atoms with Gasteiger partial charge in [-0.2, -0.15) is 0 Å². The Morgan fingerprint density at radius 2 is 2.00 bits per heavy atom. The van der Waals surface area contributed by atoms with Gasteiger partial charge >= 0.3 is 0 Å². The lowest BCUT2D eigenvalue weighted by Crippen LogP contribution is -2.43. The molecule has 9 atom stereocenters. The topological polar surface area (TPSA) is 123 Å². The van der Waals surface area contributed by atoms with E-state index in [4.69, 9.17) is 4.74 Å². The number of hydrogen-bond acceptors (Lipinski definition) is 6. The number of hydrogen-bond donors (Lipinski definition) is 4. The van der Waals surface area contributed by atoms with Crippen LogP contribution in [0.1, 0.15) is 61.9 Å². The highest BCUT2D eigenvalue weighted by Crippen LogP contribution is 2.52. The number of Topliss-reactive ketones (excluding diaryl/α,β-unsaturated/α-hetero) is 1. The molecule has 168 valence electrons. The Bertz CT molecular complexity index is 985. The third-order valence-corrected chi connectivity index (χ3v) is 8.19. The van der Waals surface area contributed by atoms with Gasteiger partial charge in [-0.05, 0) is 49.4 Å². The van der Waals surface area contributed by atoms with E-state index in [9.17, 15) is 24.9 Å². The van der Waals surface area contributed by atoms with Crippen LogP contribution in [-0.4, -0.2) is 44.4 Å². The number of allylic oxidation sites excluding steroid dienone is 2. The number of pyridine rings is 1. The second-order valence-corrected chi connectivity index (χ2v) is 10.2. The highest BCUT2D eigenvalue weighted by Gasteiger charge is 2.62. The molecule has 3 fully saturated rings. The van der Waals surface area contributed by atoms with Gasteiger partial charge in [0.05, 0.1) is 6.10 Å². The van der Waals surface area contributed by atoms with Crippen molar-refractivity contribution in [1.82, 2.24) is 4.98 Å². The Morgan fingerprint density at radius 1 is 1.23 bits per heavy atom. The van der Waals surface area contributed by atoms with Crippen LogP contribution in [0.4, 0.5) is 0 Å². The van der Waals surface area contributed by atoms with Crippen molar-refractivity contribution in [2.45, 2.75) is 69.9 Å². The number of epoxide rings is 1. The van der Waals surface area contributed by atoms with Crippen LogP contribution >= 0.6 is 0 Å². The van der Waals surface area contributed by atoms with Gasteiger partial charge in [0.15, 0.2) is 5.78 Å². The molecule has 2 saturated carbocycles. The van der Waals surface area contributed by atoms with Gasteiger partial charge in [-0.1, -0.05) is 32.4 Å². The maximum atomic E-state index is 13.7. The maximum absolute atomic E-state index is 13.7. The summed E-state index contributed by atoms with van der Waals surface area (Å²) in [6, 6.07) is 0. The highest BCUT2D eigenvalue weighted by molar-refractivity contribution is 6.00. The monoisotopic (exact) mass is 429 g/mol. The first-order valence-electron chi connectivity index (χ1n) is 11.5. The van der Waals surface area contributed by atoms with Crippen LogP contribution in [-0.2, 0) is 10.3 Å². The average molecular weight is 430 g/mol. The highest BCUT2D eigenvalue weighted by atomic mass is 16.6. The Labute approximate surface area is 181 Å². The number of H-pyrrole nitrogens is 1. The van der Waals surface area contributed by atoms with E-state index < -0.39 is 35.2 Å². The Morgan fingerprint density at radius 3 is 2.77 bits per heavy atom. The van der Waals surface area contributed by atoms with Gasteiger partial charge in [-0.25, -0.2) is 0 Å². The molecule has 7 nitrogen and oxygen atoms in total. The molecule has 0 spiro atoms. The molecule has 2 heterocycles. The van der Waals surface area contributed by atoms with Crippen molar-refractivity contribution in [3.8, 4) is 5.75 Å². The van der Waals surface area contributed by atoms with E-state index in [1.807, 2.05) is 6.92 Å². The smallest absolute Gasteiger partial charge is 0.262 e. The molecule has 3 aliphatic carbocycles. The largest absolute Gasteiger partial charge is 0.507 e. The lowest BCUT2D eigenvalue weighted by Gasteiger charge is -2.42. The molecule has 1 aliphatic heterocycles. The van der Waals surface area contributed by atoms with E-state index in [0.717, 1.165) is 19.3 Å². The number of ketones is 1. The maximum Gasteiger partial charge on any atom is 0.262 e. The second kappa shape index (κ2) is 7.29. The predicted molar refractivity (Wildman–Crippen MR) is 113 cm³/mol. The lowest BCUT2D eigenvalue weighted by molar-refractivity contribution is -0.0231. The van der Waals surface area contributed by atoms with E-state index in [-0.39, 0.29) is 41.1 Å². The van der Waals surface area contributed by atoms with Gasteiger partial charge in [-0.3, -0.25) is 9.59 Å². The zero-order valence-corrected chi connectivity index (χ0v) is 18.0. The van der Waals surface area contributed by atoms with Crippen molar-refractivity contribution in [1.29, 1.82) is 0 Å². The first kappa shape index (κ1) is 20.9. The molecule has 0 amide bonds. The van der Waals surface area contributed by atoms with Crippen molar-refractivity contribution in [3.63, 3.8) is 0 Å². The normalized spacial score (nSPS) is 43.7. The van der Waals surface area contributed by atoms with Crippen LogP contribution in [0.5, 0.6) is 5.75 Å². The Kier molecular flexibility index (Phi) is 4.92. The van der Waals surface area contributed by atoms with Crippen LogP contribution in [0.25, 0.3) is 0 Å². The molecule has 4 aliphatic rings. The summed E-state index contributed by atoms with van der Waals surface area (Å²) in [6.07, 6.45) is 7.25. The molecule has 1 aromatic heterocycles. The van der Waals surface area contributed by atoms with Crippen LogP contribution in [0.2, 0.25) is 0 Å². The van der Waals surface area contributed by atoms with Gasteiger partial charge in [-0.15, -0.1) is 0 Å². The summed E-state index contributed by atoms with van der Waals surface area (Å²) in [4.78, 5) is 29.0. The molecule has 1 aromatic rings. The van der Waals surface area contributed by atoms with E-state index in [2.05, 4.69) is 24.1 Å².